The molecular weight excluding hydrogens is 332 g/mol. The van der Waals surface area contributed by atoms with Gasteiger partial charge in [-0.1, -0.05) is 0 Å². The van der Waals surface area contributed by atoms with Crippen LogP contribution in [0.1, 0.15) is 15.9 Å². The average molecular weight is 344 g/mol. The van der Waals surface area contributed by atoms with Gasteiger partial charge in [0.1, 0.15) is 5.56 Å². The molecule has 0 bridgehead atoms. The second-order valence-electron chi connectivity index (χ2n) is 4.83. The zero-order valence-electron chi connectivity index (χ0n) is 11.8. The Bertz CT molecular complexity index is 770. The normalized spacial score (nSPS) is 19.3. The third kappa shape index (κ3) is 3.27. The molecule has 0 aliphatic carbocycles. The molecular formula is C11H12N4O7S. The summed E-state index contributed by atoms with van der Waals surface area (Å²) in [5.41, 5.74) is -3.06. The van der Waals surface area contributed by atoms with E-state index < -0.39 is 42.5 Å². The number of nitrogens with zero attached hydrogens (tertiary/aromatic N) is 2. The lowest BCUT2D eigenvalue weighted by atomic mass is 10.1. The predicted molar refractivity (Wildman–Crippen MR) is 77.5 cm³/mol. The Morgan fingerprint density at radius 3 is 2.17 bits per heavy atom. The second-order valence-corrected chi connectivity index (χ2v) is 7.03. The van der Waals surface area contributed by atoms with Crippen molar-refractivity contribution >= 4 is 27.1 Å². The fraction of sp³-hybridized carbons (Fsp3) is 0.364. The molecule has 1 aliphatic heterocycles. The van der Waals surface area contributed by atoms with Gasteiger partial charge in [-0.05, 0) is 6.92 Å². The molecule has 12 heteroatoms. The molecule has 1 unspecified atom stereocenters. The Balaban J connectivity index is 2.41. The molecule has 124 valence electrons. The lowest BCUT2D eigenvalue weighted by molar-refractivity contribution is -0.395. The van der Waals surface area contributed by atoms with E-state index in [1.54, 1.807) is 0 Å². The first kappa shape index (κ1) is 16.8. The average Bonchev–Trinajstić information content (AvgIpc) is 2.77. The van der Waals surface area contributed by atoms with Crippen molar-refractivity contribution in [3.8, 4) is 0 Å². The smallest absolute Gasteiger partial charge is 0.279 e. The van der Waals surface area contributed by atoms with E-state index in [1.165, 1.54) is 6.92 Å². The zero-order chi connectivity index (χ0) is 17.4. The highest BCUT2D eigenvalue weighted by molar-refractivity contribution is 7.92. The maximum Gasteiger partial charge on any atom is 0.279 e. The molecule has 11 nitrogen and oxygen atoms in total. The first-order valence-electron chi connectivity index (χ1n) is 6.32. The number of carbonyl (C=O) groups is 1. The summed E-state index contributed by atoms with van der Waals surface area (Å²) in [7, 11) is -3.56. The number of amides is 1. The van der Waals surface area contributed by atoms with E-state index in [1.807, 2.05) is 0 Å². The summed E-state index contributed by atoms with van der Waals surface area (Å²) in [6, 6.07) is 1.75. The molecule has 1 heterocycles. The minimum Gasteiger partial charge on any atom is -0.324 e. The van der Waals surface area contributed by atoms with Gasteiger partial charge in [-0.2, -0.15) is 0 Å². The second kappa shape index (κ2) is 5.89. The van der Waals surface area contributed by atoms with Crippen LogP contribution in [0.15, 0.2) is 12.1 Å². The summed E-state index contributed by atoms with van der Waals surface area (Å²) in [4.78, 5) is 32.3. The van der Waals surface area contributed by atoms with Crippen molar-refractivity contribution in [2.24, 2.45) is 0 Å². The van der Waals surface area contributed by atoms with Gasteiger partial charge in [-0.25, -0.2) is 8.42 Å². The Labute approximate surface area is 129 Å². The molecule has 0 saturated carbocycles. The van der Waals surface area contributed by atoms with E-state index in [2.05, 4.69) is 10.6 Å². The SMILES string of the molecule is Cc1c([N+](=O)[O-])cc(C(=O)NC2NCCS2(=O)=O)cc1[N+](=O)[O-]. The molecule has 2 rings (SSSR count). The van der Waals surface area contributed by atoms with Crippen LogP contribution in [0.2, 0.25) is 0 Å². The highest BCUT2D eigenvalue weighted by Crippen LogP contribution is 2.29. The minimum atomic E-state index is -3.56. The molecule has 2 N–H and O–H groups in total. The van der Waals surface area contributed by atoms with Crippen molar-refractivity contribution in [2.45, 2.75) is 12.4 Å². The van der Waals surface area contributed by atoms with E-state index in [0.29, 0.717) is 0 Å². The Kier molecular flexibility index (Phi) is 4.29. The van der Waals surface area contributed by atoms with Gasteiger partial charge in [-0.15, -0.1) is 0 Å². The van der Waals surface area contributed by atoms with Crippen LogP contribution in [0.25, 0.3) is 0 Å². The summed E-state index contributed by atoms with van der Waals surface area (Å²) in [5, 5.41) is 26.6. The number of sulfone groups is 1. The van der Waals surface area contributed by atoms with Crippen molar-refractivity contribution in [1.82, 2.24) is 10.6 Å². The molecule has 23 heavy (non-hydrogen) atoms. The molecule has 0 spiro atoms. The summed E-state index contributed by atoms with van der Waals surface area (Å²) in [5.74, 6) is -1.12. The molecule has 1 saturated heterocycles. The van der Waals surface area contributed by atoms with E-state index >= 15 is 0 Å². The largest absolute Gasteiger partial charge is 0.324 e. The van der Waals surface area contributed by atoms with Crippen LogP contribution < -0.4 is 10.6 Å². The van der Waals surface area contributed by atoms with E-state index in [-0.39, 0.29) is 23.4 Å². The third-order valence-corrected chi connectivity index (χ3v) is 5.12. The van der Waals surface area contributed by atoms with Crippen LogP contribution in [-0.2, 0) is 9.84 Å². The number of nitro benzene ring substituents is 2. The number of hydrogen-bond acceptors (Lipinski definition) is 8. The van der Waals surface area contributed by atoms with Crippen molar-refractivity contribution in [3.63, 3.8) is 0 Å². The van der Waals surface area contributed by atoms with Gasteiger partial charge in [-0.3, -0.25) is 30.3 Å². The van der Waals surface area contributed by atoms with E-state index in [9.17, 15) is 33.4 Å². The molecule has 1 aliphatic rings. The highest BCUT2D eigenvalue weighted by atomic mass is 32.2. The molecule has 1 atom stereocenters. The quantitative estimate of drug-likeness (QED) is 0.562. The third-order valence-electron chi connectivity index (χ3n) is 3.35. The topological polar surface area (TPSA) is 162 Å². The van der Waals surface area contributed by atoms with Gasteiger partial charge < -0.3 is 5.32 Å². The van der Waals surface area contributed by atoms with Crippen molar-refractivity contribution < 1.29 is 23.1 Å². The van der Waals surface area contributed by atoms with Gasteiger partial charge in [0.2, 0.25) is 0 Å². The Morgan fingerprint density at radius 2 is 1.78 bits per heavy atom. The molecule has 1 amide bonds. The van der Waals surface area contributed by atoms with Gasteiger partial charge in [0.15, 0.2) is 15.3 Å². The Morgan fingerprint density at radius 1 is 1.26 bits per heavy atom. The molecule has 0 radical (unpaired) electrons. The maximum atomic E-state index is 12.1. The number of rotatable bonds is 4. The Hall–Kier alpha value is -2.60. The number of nitro groups is 2. The number of hydrogen-bond donors (Lipinski definition) is 2. The van der Waals surface area contributed by atoms with Crippen LogP contribution in [0.3, 0.4) is 0 Å². The number of nitrogens with one attached hydrogen (secondary N) is 2. The summed E-state index contributed by atoms with van der Waals surface area (Å²) in [6.07, 6.45) is 0. The first-order chi connectivity index (χ1) is 10.6. The first-order valence-corrected chi connectivity index (χ1v) is 8.04. The van der Waals surface area contributed by atoms with Crippen LogP contribution in [0, 0.1) is 27.2 Å². The zero-order valence-corrected chi connectivity index (χ0v) is 12.6. The van der Waals surface area contributed by atoms with Crippen LogP contribution in [-0.4, -0.2) is 42.0 Å². The van der Waals surface area contributed by atoms with Gasteiger partial charge in [0, 0.05) is 18.7 Å². The maximum absolute atomic E-state index is 12.1. The lowest BCUT2D eigenvalue weighted by Crippen LogP contribution is -2.45. The lowest BCUT2D eigenvalue weighted by Gasteiger charge is -2.12. The number of benzene rings is 1. The van der Waals surface area contributed by atoms with E-state index in [0.717, 1.165) is 12.1 Å². The monoisotopic (exact) mass is 344 g/mol. The predicted octanol–water partition coefficient (Wildman–Crippen LogP) is -0.157. The summed E-state index contributed by atoms with van der Waals surface area (Å²) >= 11 is 0. The van der Waals surface area contributed by atoms with Crippen molar-refractivity contribution in [3.05, 3.63) is 43.5 Å². The van der Waals surface area contributed by atoms with Gasteiger partial charge in [0.05, 0.1) is 21.2 Å². The fourth-order valence-corrected chi connectivity index (χ4v) is 3.41. The van der Waals surface area contributed by atoms with Crippen LogP contribution >= 0.6 is 0 Å². The van der Waals surface area contributed by atoms with Gasteiger partial charge >= 0.3 is 0 Å². The summed E-state index contributed by atoms with van der Waals surface area (Å²) in [6.45, 7) is 1.35. The van der Waals surface area contributed by atoms with E-state index in [4.69, 9.17) is 0 Å². The van der Waals surface area contributed by atoms with Crippen LogP contribution in [0.4, 0.5) is 11.4 Å². The van der Waals surface area contributed by atoms with Crippen molar-refractivity contribution in [2.75, 3.05) is 12.3 Å². The summed E-state index contributed by atoms with van der Waals surface area (Å²) < 4.78 is 23.3. The highest BCUT2D eigenvalue weighted by Gasteiger charge is 2.33. The van der Waals surface area contributed by atoms with Gasteiger partial charge in [0.25, 0.3) is 17.3 Å². The molecule has 1 fully saturated rings. The minimum absolute atomic E-state index is 0.154. The standard InChI is InChI=1S/C11H12N4O7S/c1-6-8(14(17)18)4-7(5-9(6)15(19)20)10(16)13-11-12-2-3-23(11,21)22/h4-5,11-12H,2-3H2,1H3,(H,13,16). The molecule has 1 aromatic rings. The number of carbonyl (C=O) groups excluding carboxylic acids is 1. The molecule has 0 aromatic heterocycles. The molecule has 1 aromatic carbocycles. The van der Waals surface area contributed by atoms with Crippen molar-refractivity contribution in [1.29, 1.82) is 0 Å². The van der Waals surface area contributed by atoms with Crippen LogP contribution in [0.5, 0.6) is 0 Å². The fourth-order valence-electron chi connectivity index (χ4n) is 2.11.